The number of carbonyl (C=O) groups is 2. The van der Waals surface area contributed by atoms with E-state index in [0.717, 1.165) is 4.47 Å². The van der Waals surface area contributed by atoms with E-state index in [1.165, 1.54) is 19.2 Å². The van der Waals surface area contributed by atoms with Crippen LogP contribution in [0.1, 0.15) is 20.7 Å². The van der Waals surface area contributed by atoms with Gasteiger partial charge in [-0.3, -0.25) is 4.79 Å². The van der Waals surface area contributed by atoms with E-state index in [2.05, 4.69) is 26.0 Å². The van der Waals surface area contributed by atoms with Gasteiger partial charge in [-0.05, 0) is 36.4 Å². The molecule has 0 saturated heterocycles. The Labute approximate surface area is 135 Å². The van der Waals surface area contributed by atoms with E-state index in [9.17, 15) is 9.59 Å². The standard InChI is InChI=1S/C15H11BrClNO3/c1-21-15(20)12-8-11(5-6-13(12)17)18-14(19)9-3-2-4-10(16)7-9/h2-8H,1H3,(H,18,19). The van der Waals surface area contributed by atoms with Gasteiger partial charge in [-0.2, -0.15) is 0 Å². The molecule has 0 bridgehead atoms. The molecule has 0 atom stereocenters. The van der Waals surface area contributed by atoms with Crippen LogP contribution in [0.3, 0.4) is 0 Å². The van der Waals surface area contributed by atoms with Gasteiger partial charge >= 0.3 is 5.97 Å². The molecule has 0 aromatic heterocycles. The van der Waals surface area contributed by atoms with Crippen LogP contribution in [-0.4, -0.2) is 19.0 Å². The number of anilines is 1. The number of halogens is 2. The molecule has 1 N–H and O–H groups in total. The molecule has 0 radical (unpaired) electrons. The summed E-state index contributed by atoms with van der Waals surface area (Å²) in [5.74, 6) is -0.840. The number of esters is 1. The highest BCUT2D eigenvalue weighted by molar-refractivity contribution is 9.10. The first-order valence-corrected chi connectivity index (χ1v) is 7.13. The second-order valence-corrected chi connectivity index (χ2v) is 5.47. The number of benzene rings is 2. The summed E-state index contributed by atoms with van der Waals surface area (Å²) in [5, 5.41) is 2.97. The lowest BCUT2D eigenvalue weighted by Gasteiger charge is -2.08. The molecule has 0 aliphatic heterocycles. The molecule has 2 aromatic carbocycles. The largest absolute Gasteiger partial charge is 0.465 e. The van der Waals surface area contributed by atoms with E-state index >= 15 is 0 Å². The van der Waals surface area contributed by atoms with Crippen LogP contribution < -0.4 is 5.32 Å². The molecular formula is C15H11BrClNO3. The van der Waals surface area contributed by atoms with Crippen molar-refractivity contribution in [2.24, 2.45) is 0 Å². The first-order chi connectivity index (χ1) is 10.0. The van der Waals surface area contributed by atoms with Crippen LogP contribution >= 0.6 is 27.5 Å². The minimum absolute atomic E-state index is 0.200. The second-order valence-electron chi connectivity index (χ2n) is 4.15. The molecule has 4 nitrogen and oxygen atoms in total. The average Bonchev–Trinajstić information content (AvgIpc) is 2.48. The lowest BCUT2D eigenvalue weighted by Crippen LogP contribution is -2.12. The van der Waals surface area contributed by atoms with E-state index in [4.69, 9.17) is 11.6 Å². The molecule has 0 unspecified atom stereocenters. The highest BCUT2D eigenvalue weighted by Crippen LogP contribution is 2.22. The van der Waals surface area contributed by atoms with Gasteiger partial charge in [-0.25, -0.2) is 4.79 Å². The maximum Gasteiger partial charge on any atom is 0.339 e. The van der Waals surface area contributed by atoms with Gasteiger partial charge in [-0.15, -0.1) is 0 Å². The fourth-order valence-electron chi connectivity index (χ4n) is 1.70. The fraction of sp³-hybridized carbons (Fsp3) is 0.0667. The lowest BCUT2D eigenvalue weighted by molar-refractivity contribution is 0.0600. The molecule has 0 fully saturated rings. The van der Waals surface area contributed by atoms with Gasteiger partial charge in [0.1, 0.15) is 0 Å². The van der Waals surface area contributed by atoms with E-state index in [1.807, 2.05) is 6.07 Å². The minimum Gasteiger partial charge on any atom is -0.465 e. The zero-order valence-electron chi connectivity index (χ0n) is 11.0. The number of amides is 1. The third-order valence-electron chi connectivity index (χ3n) is 2.72. The SMILES string of the molecule is COC(=O)c1cc(NC(=O)c2cccc(Br)c2)ccc1Cl. The van der Waals surface area contributed by atoms with Crippen LogP contribution in [0.2, 0.25) is 5.02 Å². The number of methoxy groups -OCH3 is 1. The van der Waals surface area contributed by atoms with Crippen LogP contribution in [0, 0.1) is 0 Å². The summed E-state index contributed by atoms with van der Waals surface area (Å²) in [5.41, 5.74) is 1.16. The maximum absolute atomic E-state index is 12.1. The molecule has 0 heterocycles. The number of ether oxygens (including phenoxy) is 1. The van der Waals surface area contributed by atoms with Crippen molar-refractivity contribution in [2.75, 3.05) is 12.4 Å². The van der Waals surface area contributed by atoms with Crippen molar-refractivity contribution in [3.05, 3.63) is 63.1 Å². The second kappa shape index (κ2) is 6.74. The van der Waals surface area contributed by atoms with Gasteiger partial charge in [0, 0.05) is 15.7 Å². The Morgan fingerprint density at radius 2 is 1.95 bits per heavy atom. The highest BCUT2D eigenvalue weighted by atomic mass is 79.9. The average molecular weight is 369 g/mol. The third-order valence-corrected chi connectivity index (χ3v) is 3.54. The van der Waals surface area contributed by atoms with Crippen LogP contribution in [0.4, 0.5) is 5.69 Å². The number of hydrogen-bond donors (Lipinski definition) is 1. The van der Waals surface area contributed by atoms with Gasteiger partial charge < -0.3 is 10.1 Å². The van der Waals surface area contributed by atoms with Crippen molar-refractivity contribution in [1.29, 1.82) is 0 Å². The van der Waals surface area contributed by atoms with Crippen molar-refractivity contribution in [3.63, 3.8) is 0 Å². The quantitative estimate of drug-likeness (QED) is 0.828. The molecule has 0 aliphatic rings. The molecule has 0 spiro atoms. The predicted octanol–water partition coefficient (Wildman–Crippen LogP) is 4.14. The molecule has 1 amide bonds. The van der Waals surface area contributed by atoms with Gasteiger partial charge in [0.25, 0.3) is 5.91 Å². The van der Waals surface area contributed by atoms with Gasteiger partial charge in [0.05, 0.1) is 17.7 Å². The summed E-state index contributed by atoms with van der Waals surface area (Å²) in [6.07, 6.45) is 0. The van der Waals surface area contributed by atoms with Crippen LogP contribution in [-0.2, 0) is 4.74 Å². The summed E-state index contributed by atoms with van der Waals surface area (Å²) in [7, 11) is 1.27. The molecular weight excluding hydrogens is 358 g/mol. The third kappa shape index (κ3) is 3.83. The lowest BCUT2D eigenvalue weighted by atomic mass is 10.1. The number of hydrogen-bond acceptors (Lipinski definition) is 3. The number of carbonyl (C=O) groups excluding carboxylic acids is 2. The smallest absolute Gasteiger partial charge is 0.339 e. The summed E-state index contributed by atoms with van der Waals surface area (Å²) >= 11 is 9.23. The maximum atomic E-state index is 12.1. The first-order valence-electron chi connectivity index (χ1n) is 5.96. The first kappa shape index (κ1) is 15.5. The van der Waals surface area contributed by atoms with E-state index in [-0.39, 0.29) is 16.5 Å². The Balaban J connectivity index is 2.24. The zero-order chi connectivity index (χ0) is 15.4. The van der Waals surface area contributed by atoms with Crippen molar-refractivity contribution in [1.82, 2.24) is 0 Å². The number of rotatable bonds is 3. The van der Waals surface area contributed by atoms with Gasteiger partial charge in [0.15, 0.2) is 0 Å². The number of nitrogens with one attached hydrogen (secondary N) is 1. The van der Waals surface area contributed by atoms with Crippen molar-refractivity contribution in [3.8, 4) is 0 Å². The van der Waals surface area contributed by atoms with Crippen molar-refractivity contribution < 1.29 is 14.3 Å². The Kier molecular flexibility index (Phi) is 4.98. The molecule has 6 heteroatoms. The normalized spacial score (nSPS) is 10.0. The van der Waals surface area contributed by atoms with Crippen molar-refractivity contribution in [2.45, 2.75) is 0 Å². The molecule has 108 valence electrons. The Morgan fingerprint density at radius 3 is 2.62 bits per heavy atom. The van der Waals surface area contributed by atoms with Crippen LogP contribution in [0.5, 0.6) is 0 Å². The summed E-state index contributed by atoms with van der Waals surface area (Å²) in [6, 6.07) is 11.6. The summed E-state index contributed by atoms with van der Waals surface area (Å²) in [4.78, 5) is 23.7. The van der Waals surface area contributed by atoms with E-state index in [1.54, 1.807) is 24.3 Å². The highest BCUT2D eigenvalue weighted by Gasteiger charge is 2.13. The molecule has 0 saturated carbocycles. The van der Waals surface area contributed by atoms with Gasteiger partial charge in [-0.1, -0.05) is 33.6 Å². The van der Waals surface area contributed by atoms with Crippen LogP contribution in [0.15, 0.2) is 46.9 Å². The minimum atomic E-state index is -0.557. The predicted molar refractivity (Wildman–Crippen MR) is 84.9 cm³/mol. The molecule has 21 heavy (non-hydrogen) atoms. The summed E-state index contributed by atoms with van der Waals surface area (Å²) < 4.78 is 5.44. The van der Waals surface area contributed by atoms with E-state index in [0.29, 0.717) is 11.3 Å². The molecule has 2 aromatic rings. The molecule has 0 aliphatic carbocycles. The van der Waals surface area contributed by atoms with Crippen molar-refractivity contribution >= 4 is 45.1 Å². The van der Waals surface area contributed by atoms with Crippen LogP contribution in [0.25, 0.3) is 0 Å². The zero-order valence-corrected chi connectivity index (χ0v) is 13.4. The molecule has 2 rings (SSSR count). The summed E-state index contributed by atoms with van der Waals surface area (Å²) in [6.45, 7) is 0. The van der Waals surface area contributed by atoms with E-state index < -0.39 is 5.97 Å². The Bertz CT molecular complexity index is 703. The Morgan fingerprint density at radius 1 is 1.19 bits per heavy atom. The monoisotopic (exact) mass is 367 g/mol. The topological polar surface area (TPSA) is 55.4 Å². The fourth-order valence-corrected chi connectivity index (χ4v) is 2.30. The van der Waals surface area contributed by atoms with Gasteiger partial charge in [0.2, 0.25) is 0 Å². The Hall–Kier alpha value is -1.85.